The number of thioether (sulfide) groups is 1. The molecule has 1 aliphatic heterocycles. The van der Waals surface area contributed by atoms with E-state index in [4.69, 9.17) is 26.2 Å². The lowest BCUT2D eigenvalue weighted by Crippen LogP contribution is -2.27. The van der Waals surface area contributed by atoms with E-state index in [1.807, 2.05) is 30.3 Å². The molecule has 0 atom stereocenters. The van der Waals surface area contributed by atoms with Crippen molar-refractivity contribution in [2.45, 2.75) is 0 Å². The number of benzene rings is 2. The third-order valence-corrected chi connectivity index (χ3v) is 6.04. The van der Waals surface area contributed by atoms with Gasteiger partial charge in [-0.05, 0) is 48.5 Å². The molecule has 3 heterocycles. The van der Waals surface area contributed by atoms with Gasteiger partial charge in [0.15, 0.2) is 15.8 Å². The van der Waals surface area contributed by atoms with E-state index in [0.717, 1.165) is 22.7 Å². The number of nitrogens with zero attached hydrogens (tertiary/aromatic N) is 1. The van der Waals surface area contributed by atoms with Crippen molar-refractivity contribution in [1.29, 1.82) is 0 Å². The number of aromatic carboxylic acids is 1. The number of fused-ring (bicyclic) bond motifs is 1. The maximum Gasteiger partial charge on any atom is 0.335 e. The van der Waals surface area contributed by atoms with Gasteiger partial charge in [0.1, 0.15) is 11.3 Å². The molecule has 2 aromatic heterocycles. The van der Waals surface area contributed by atoms with Crippen LogP contribution in [0.25, 0.3) is 28.6 Å². The van der Waals surface area contributed by atoms with Gasteiger partial charge in [-0.1, -0.05) is 42.2 Å². The van der Waals surface area contributed by atoms with Crippen molar-refractivity contribution < 1.29 is 23.5 Å². The molecule has 0 saturated carbocycles. The molecule has 31 heavy (non-hydrogen) atoms. The molecule has 4 aromatic rings. The number of carbonyl (C=O) groups excluding carboxylic acids is 1. The molecule has 0 aliphatic carbocycles. The van der Waals surface area contributed by atoms with E-state index in [0.29, 0.717) is 32.2 Å². The highest BCUT2D eigenvalue weighted by molar-refractivity contribution is 8.27. The van der Waals surface area contributed by atoms with Crippen molar-refractivity contribution in [2.75, 3.05) is 4.90 Å². The van der Waals surface area contributed by atoms with Crippen molar-refractivity contribution in [3.63, 3.8) is 0 Å². The van der Waals surface area contributed by atoms with Gasteiger partial charge in [-0.3, -0.25) is 9.69 Å². The SMILES string of the molecule is O=C(O)c1ccc(N2C(=O)C(=Cc3ccc(-c4cc5ccccc5o4)o3)SC2=S)cc1. The molecule has 1 aliphatic rings. The van der Waals surface area contributed by atoms with Gasteiger partial charge >= 0.3 is 5.97 Å². The lowest BCUT2D eigenvalue weighted by molar-refractivity contribution is -0.113. The smallest absolute Gasteiger partial charge is 0.335 e. The summed E-state index contributed by atoms with van der Waals surface area (Å²) in [6.07, 6.45) is 1.64. The molecule has 2 aromatic carbocycles. The van der Waals surface area contributed by atoms with Crippen molar-refractivity contribution in [1.82, 2.24) is 0 Å². The number of anilines is 1. The van der Waals surface area contributed by atoms with Gasteiger partial charge in [-0.2, -0.15) is 0 Å². The van der Waals surface area contributed by atoms with Crippen LogP contribution < -0.4 is 4.90 Å². The third-order valence-electron chi connectivity index (χ3n) is 4.73. The zero-order chi connectivity index (χ0) is 21.5. The number of thiocarbonyl (C=S) groups is 1. The predicted octanol–water partition coefficient (Wildman–Crippen LogP) is 5.80. The first kappa shape index (κ1) is 19.3. The van der Waals surface area contributed by atoms with Crippen LogP contribution in [0.1, 0.15) is 16.1 Å². The summed E-state index contributed by atoms with van der Waals surface area (Å²) >= 11 is 6.52. The normalized spacial score (nSPS) is 15.4. The fourth-order valence-electron chi connectivity index (χ4n) is 3.24. The topological polar surface area (TPSA) is 83.9 Å². The van der Waals surface area contributed by atoms with Gasteiger partial charge in [0.25, 0.3) is 5.91 Å². The van der Waals surface area contributed by atoms with Gasteiger partial charge in [0.2, 0.25) is 0 Å². The Morgan fingerprint density at radius 2 is 1.77 bits per heavy atom. The first-order valence-corrected chi connectivity index (χ1v) is 10.4. The maximum absolute atomic E-state index is 12.9. The van der Waals surface area contributed by atoms with Crippen LogP contribution >= 0.6 is 24.0 Å². The number of hydrogen-bond donors (Lipinski definition) is 1. The Kier molecular flexibility index (Phi) is 4.72. The Bertz CT molecular complexity index is 1350. The van der Waals surface area contributed by atoms with Gasteiger partial charge in [-0.25, -0.2) is 4.79 Å². The summed E-state index contributed by atoms with van der Waals surface area (Å²) in [6.45, 7) is 0. The molecular formula is C23H13NO5S2. The maximum atomic E-state index is 12.9. The van der Waals surface area contributed by atoms with Crippen molar-refractivity contribution in [3.05, 3.63) is 83.0 Å². The summed E-state index contributed by atoms with van der Waals surface area (Å²) in [5, 5.41) is 10.0. The number of amides is 1. The highest BCUT2D eigenvalue weighted by atomic mass is 32.2. The van der Waals surface area contributed by atoms with E-state index in [2.05, 4.69) is 0 Å². The number of carbonyl (C=O) groups is 2. The Labute approximate surface area is 185 Å². The summed E-state index contributed by atoms with van der Waals surface area (Å²) < 4.78 is 12.0. The Balaban J connectivity index is 1.40. The number of carboxylic acid groups (broad SMARTS) is 1. The molecule has 0 bridgehead atoms. The number of carboxylic acids is 1. The summed E-state index contributed by atoms with van der Waals surface area (Å²) in [5.41, 5.74) is 1.42. The Hall–Kier alpha value is -3.62. The van der Waals surface area contributed by atoms with E-state index in [1.165, 1.54) is 17.0 Å². The van der Waals surface area contributed by atoms with Gasteiger partial charge < -0.3 is 13.9 Å². The lowest BCUT2D eigenvalue weighted by Gasteiger charge is -2.14. The second-order valence-electron chi connectivity index (χ2n) is 6.72. The molecular weight excluding hydrogens is 434 g/mol. The number of rotatable bonds is 4. The number of furan rings is 2. The first-order valence-electron chi connectivity index (χ1n) is 9.20. The fraction of sp³-hybridized carbons (Fsp3) is 0. The summed E-state index contributed by atoms with van der Waals surface area (Å²) in [4.78, 5) is 25.7. The van der Waals surface area contributed by atoms with E-state index in [-0.39, 0.29) is 11.5 Å². The Morgan fingerprint density at radius 1 is 1.00 bits per heavy atom. The minimum absolute atomic E-state index is 0.137. The minimum atomic E-state index is -1.03. The van der Waals surface area contributed by atoms with Crippen LogP contribution in [0.3, 0.4) is 0 Å². The Morgan fingerprint density at radius 3 is 2.52 bits per heavy atom. The molecule has 1 N–H and O–H groups in total. The molecule has 1 saturated heterocycles. The number of hydrogen-bond acceptors (Lipinski definition) is 6. The lowest BCUT2D eigenvalue weighted by atomic mass is 10.2. The molecule has 152 valence electrons. The molecule has 0 unspecified atom stereocenters. The summed E-state index contributed by atoms with van der Waals surface area (Å²) in [6, 6.07) is 19.1. The van der Waals surface area contributed by atoms with Gasteiger partial charge in [0, 0.05) is 11.5 Å². The van der Waals surface area contributed by atoms with Crippen LogP contribution in [0.5, 0.6) is 0 Å². The van der Waals surface area contributed by atoms with Crippen LogP contribution in [0.4, 0.5) is 5.69 Å². The highest BCUT2D eigenvalue weighted by Gasteiger charge is 2.33. The molecule has 5 rings (SSSR count). The van der Waals surface area contributed by atoms with Crippen LogP contribution in [0.2, 0.25) is 0 Å². The second kappa shape index (κ2) is 7.57. The van der Waals surface area contributed by atoms with Crippen molar-refractivity contribution in [3.8, 4) is 11.5 Å². The van der Waals surface area contributed by atoms with Crippen LogP contribution in [0, 0.1) is 0 Å². The molecule has 1 fully saturated rings. The second-order valence-corrected chi connectivity index (χ2v) is 8.40. The van der Waals surface area contributed by atoms with Crippen LogP contribution in [-0.2, 0) is 4.79 Å². The monoisotopic (exact) mass is 447 g/mol. The zero-order valence-corrected chi connectivity index (χ0v) is 17.4. The standard InChI is InChI=1S/C23H13NO5S2/c25-21-20(31-23(30)24(21)15-7-5-13(6-8-15)22(26)27)12-16-9-10-18(28-16)19-11-14-3-1-2-4-17(14)29-19/h1-12H,(H,26,27). The van der Waals surface area contributed by atoms with E-state index < -0.39 is 5.97 Å². The molecule has 8 heteroatoms. The average Bonchev–Trinajstić information content (AvgIpc) is 3.46. The molecule has 1 amide bonds. The van der Waals surface area contributed by atoms with Crippen molar-refractivity contribution >= 4 is 62.9 Å². The zero-order valence-electron chi connectivity index (χ0n) is 15.8. The molecule has 0 spiro atoms. The first-order chi connectivity index (χ1) is 15.0. The quantitative estimate of drug-likeness (QED) is 0.313. The third kappa shape index (κ3) is 3.56. The van der Waals surface area contributed by atoms with E-state index >= 15 is 0 Å². The van der Waals surface area contributed by atoms with E-state index in [1.54, 1.807) is 30.3 Å². The summed E-state index contributed by atoms with van der Waals surface area (Å²) in [5.74, 6) is 0.334. The molecule has 6 nitrogen and oxygen atoms in total. The van der Waals surface area contributed by atoms with E-state index in [9.17, 15) is 9.59 Å². The average molecular weight is 447 g/mol. The predicted molar refractivity (Wildman–Crippen MR) is 123 cm³/mol. The molecule has 0 radical (unpaired) electrons. The number of para-hydroxylation sites is 1. The van der Waals surface area contributed by atoms with Crippen molar-refractivity contribution in [2.24, 2.45) is 0 Å². The summed E-state index contributed by atoms with van der Waals surface area (Å²) in [7, 11) is 0. The minimum Gasteiger partial charge on any atom is -0.478 e. The van der Waals surface area contributed by atoms with Crippen LogP contribution in [0.15, 0.2) is 80.5 Å². The van der Waals surface area contributed by atoms with Gasteiger partial charge in [-0.15, -0.1) is 0 Å². The van der Waals surface area contributed by atoms with Gasteiger partial charge in [0.05, 0.1) is 16.2 Å². The fourth-order valence-corrected chi connectivity index (χ4v) is 4.52. The largest absolute Gasteiger partial charge is 0.478 e. The highest BCUT2D eigenvalue weighted by Crippen LogP contribution is 2.37. The van der Waals surface area contributed by atoms with Crippen LogP contribution in [-0.4, -0.2) is 21.3 Å².